The van der Waals surface area contributed by atoms with Crippen molar-refractivity contribution in [3.63, 3.8) is 0 Å². The summed E-state index contributed by atoms with van der Waals surface area (Å²) >= 11 is 0. The van der Waals surface area contributed by atoms with Crippen molar-refractivity contribution in [2.45, 2.75) is 32.2 Å². The Balaban J connectivity index is 2.06. The molecular formula is C15H17FN2O. The van der Waals surface area contributed by atoms with Gasteiger partial charge in [0.05, 0.1) is 11.6 Å². The van der Waals surface area contributed by atoms with Gasteiger partial charge in [0.2, 0.25) is 0 Å². The van der Waals surface area contributed by atoms with E-state index >= 15 is 0 Å². The molecule has 0 spiro atoms. The number of halogens is 1. The highest BCUT2D eigenvalue weighted by molar-refractivity contribution is 6.11. The van der Waals surface area contributed by atoms with E-state index in [4.69, 9.17) is 0 Å². The summed E-state index contributed by atoms with van der Waals surface area (Å²) in [5, 5.41) is 3.95. The van der Waals surface area contributed by atoms with Crippen molar-refractivity contribution in [1.29, 1.82) is 0 Å². The second-order valence-corrected chi connectivity index (χ2v) is 5.15. The number of aromatic amines is 1. The quantitative estimate of drug-likeness (QED) is 0.815. The highest BCUT2D eigenvalue weighted by Gasteiger charge is 2.26. The lowest BCUT2D eigenvalue weighted by Gasteiger charge is -2.22. The van der Waals surface area contributed by atoms with Crippen LogP contribution in [0.15, 0.2) is 18.2 Å². The summed E-state index contributed by atoms with van der Waals surface area (Å²) in [5.41, 5.74) is 1.81. The van der Waals surface area contributed by atoms with E-state index in [9.17, 15) is 9.18 Å². The Morgan fingerprint density at radius 3 is 2.95 bits per heavy atom. The number of para-hydroxylation sites is 1. The molecule has 2 N–H and O–H groups in total. The van der Waals surface area contributed by atoms with Gasteiger partial charge in [-0.05, 0) is 32.4 Å². The van der Waals surface area contributed by atoms with Gasteiger partial charge in [0.15, 0.2) is 5.78 Å². The monoisotopic (exact) mass is 260 g/mol. The van der Waals surface area contributed by atoms with Gasteiger partial charge in [0.25, 0.3) is 0 Å². The summed E-state index contributed by atoms with van der Waals surface area (Å²) in [7, 11) is 0. The van der Waals surface area contributed by atoms with E-state index in [-0.39, 0.29) is 17.6 Å². The molecule has 100 valence electrons. The van der Waals surface area contributed by atoms with Gasteiger partial charge >= 0.3 is 0 Å². The van der Waals surface area contributed by atoms with E-state index in [1.165, 1.54) is 6.07 Å². The molecule has 1 atom stereocenters. The zero-order valence-corrected chi connectivity index (χ0v) is 10.9. The summed E-state index contributed by atoms with van der Waals surface area (Å²) in [6, 6.07) is 4.73. The van der Waals surface area contributed by atoms with Crippen LogP contribution in [0.2, 0.25) is 0 Å². The number of Topliss-reactive ketones (excluding diaryl/α,β-unsaturated/α-hetero) is 1. The van der Waals surface area contributed by atoms with Gasteiger partial charge in [0, 0.05) is 16.6 Å². The van der Waals surface area contributed by atoms with Crippen LogP contribution in [0.4, 0.5) is 4.39 Å². The summed E-state index contributed by atoms with van der Waals surface area (Å²) in [6.07, 6.45) is 3.05. The Morgan fingerprint density at radius 2 is 2.21 bits per heavy atom. The predicted octanol–water partition coefficient (Wildman–Crippen LogP) is 2.94. The highest BCUT2D eigenvalue weighted by Crippen LogP contribution is 2.26. The minimum Gasteiger partial charge on any atom is -0.356 e. The third-order valence-electron chi connectivity index (χ3n) is 3.84. The number of nitrogens with one attached hydrogen (secondary N) is 2. The average Bonchev–Trinajstić information content (AvgIpc) is 2.77. The van der Waals surface area contributed by atoms with E-state index in [0.29, 0.717) is 16.5 Å². The van der Waals surface area contributed by atoms with E-state index in [1.807, 2.05) is 6.92 Å². The largest absolute Gasteiger partial charge is 0.356 e. The molecule has 1 aromatic carbocycles. The van der Waals surface area contributed by atoms with Gasteiger partial charge < -0.3 is 10.3 Å². The first-order valence-electron chi connectivity index (χ1n) is 6.73. The number of aromatic nitrogens is 1. The third-order valence-corrected chi connectivity index (χ3v) is 3.84. The molecule has 0 radical (unpaired) electrons. The number of benzene rings is 1. The lowest BCUT2D eigenvalue weighted by Crippen LogP contribution is -2.40. The van der Waals surface area contributed by atoms with Crippen LogP contribution >= 0.6 is 0 Å². The van der Waals surface area contributed by atoms with Crippen molar-refractivity contribution in [2.75, 3.05) is 6.54 Å². The SMILES string of the molecule is Cc1[nH]c2c(F)cccc2c1C(=O)C1CCCCN1. The van der Waals surface area contributed by atoms with E-state index < -0.39 is 0 Å². The molecule has 1 aromatic heterocycles. The molecule has 0 amide bonds. The van der Waals surface area contributed by atoms with Crippen LogP contribution in [-0.4, -0.2) is 23.4 Å². The second kappa shape index (κ2) is 4.78. The minimum absolute atomic E-state index is 0.0778. The molecule has 19 heavy (non-hydrogen) atoms. The maximum absolute atomic E-state index is 13.7. The number of fused-ring (bicyclic) bond motifs is 1. The number of ketones is 1. The van der Waals surface area contributed by atoms with E-state index in [1.54, 1.807) is 12.1 Å². The van der Waals surface area contributed by atoms with Gasteiger partial charge in [0.1, 0.15) is 5.82 Å². The van der Waals surface area contributed by atoms with E-state index in [2.05, 4.69) is 10.3 Å². The van der Waals surface area contributed by atoms with Gasteiger partial charge in [-0.15, -0.1) is 0 Å². The fourth-order valence-corrected chi connectivity index (χ4v) is 2.88. The molecule has 3 rings (SSSR count). The van der Waals surface area contributed by atoms with Crippen LogP contribution in [0.3, 0.4) is 0 Å². The number of aryl methyl sites for hydroxylation is 1. The Hall–Kier alpha value is -1.68. The molecule has 2 aromatic rings. The lowest BCUT2D eigenvalue weighted by atomic mass is 9.95. The Bertz CT molecular complexity index is 626. The van der Waals surface area contributed by atoms with Crippen molar-refractivity contribution in [1.82, 2.24) is 10.3 Å². The first-order chi connectivity index (χ1) is 9.18. The predicted molar refractivity (Wildman–Crippen MR) is 73.0 cm³/mol. The van der Waals surface area contributed by atoms with E-state index in [0.717, 1.165) is 31.5 Å². The third kappa shape index (κ3) is 2.06. The Kier molecular flexibility index (Phi) is 3.11. The normalized spacial score (nSPS) is 19.8. The summed E-state index contributed by atoms with van der Waals surface area (Å²) < 4.78 is 13.7. The first kappa shape index (κ1) is 12.4. The molecule has 1 unspecified atom stereocenters. The zero-order chi connectivity index (χ0) is 13.4. The Labute approximate surface area is 111 Å². The number of hydrogen-bond acceptors (Lipinski definition) is 2. The second-order valence-electron chi connectivity index (χ2n) is 5.15. The van der Waals surface area contributed by atoms with Crippen LogP contribution in [0.25, 0.3) is 10.9 Å². The molecule has 0 aliphatic carbocycles. The zero-order valence-electron chi connectivity index (χ0n) is 10.9. The number of rotatable bonds is 2. The number of hydrogen-bond donors (Lipinski definition) is 2. The van der Waals surface area contributed by atoms with Crippen molar-refractivity contribution >= 4 is 16.7 Å². The summed E-state index contributed by atoms with van der Waals surface area (Å²) in [4.78, 5) is 15.6. The molecule has 4 heteroatoms. The van der Waals surface area contributed by atoms with Crippen LogP contribution in [0.5, 0.6) is 0 Å². The van der Waals surface area contributed by atoms with Crippen molar-refractivity contribution in [2.24, 2.45) is 0 Å². The van der Waals surface area contributed by atoms with Crippen LogP contribution < -0.4 is 5.32 Å². The molecule has 3 nitrogen and oxygen atoms in total. The molecule has 1 saturated heterocycles. The van der Waals surface area contributed by atoms with Crippen LogP contribution in [-0.2, 0) is 0 Å². The molecule has 0 saturated carbocycles. The van der Waals surface area contributed by atoms with Crippen LogP contribution in [0, 0.1) is 12.7 Å². The molecule has 1 aliphatic rings. The molecular weight excluding hydrogens is 243 g/mol. The van der Waals surface area contributed by atoms with Gasteiger partial charge in [-0.3, -0.25) is 4.79 Å². The van der Waals surface area contributed by atoms with Gasteiger partial charge in [-0.2, -0.15) is 0 Å². The first-order valence-corrected chi connectivity index (χ1v) is 6.73. The molecule has 1 aliphatic heterocycles. The van der Waals surface area contributed by atoms with Crippen molar-refractivity contribution < 1.29 is 9.18 Å². The standard InChI is InChI=1S/C15H17FN2O/c1-9-13(15(19)12-7-2-3-8-17-12)10-5-4-6-11(16)14(10)18-9/h4-6,12,17-18H,2-3,7-8H2,1H3. The summed E-state index contributed by atoms with van der Waals surface area (Å²) in [5.74, 6) is -0.231. The number of carbonyl (C=O) groups is 1. The topological polar surface area (TPSA) is 44.9 Å². The summed E-state index contributed by atoms with van der Waals surface area (Å²) in [6.45, 7) is 2.71. The van der Waals surface area contributed by atoms with Crippen molar-refractivity contribution in [3.8, 4) is 0 Å². The maximum atomic E-state index is 13.7. The maximum Gasteiger partial charge on any atom is 0.182 e. The molecule has 1 fully saturated rings. The smallest absolute Gasteiger partial charge is 0.182 e. The Morgan fingerprint density at radius 1 is 1.37 bits per heavy atom. The lowest BCUT2D eigenvalue weighted by molar-refractivity contribution is 0.0928. The fourth-order valence-electron chi connectivity index (χ4n) is 2.88. The van der Waals surface area contributed by atoms with Gasteiger partial charge in [-0.25, -0.2) is 4.39 Å². The minimum atomic E-state index is -0.309. The number of piperidine rings is 1. The molecule has 0 bridgehead atoms. The number of H-pyrrole nitrogens is 1. The molecule has 2 heterocycles. The average molecular weight is 260 g/mol. The number of carbonyl (C=O) groups excluding carboxylic acids is 1. The van der Waals surface area contributed by atoms with Gasteiger partial charge in [-0.1, -0.05) is 18.6 Å². The fraction of sp³-hybridized carbons (Fsp3) is 0.400. The highest BCUT2D eigenvalue weighted by atomic mass is 19.1. The van der Waals surface area contributed by atoms with Crippen LogP contribution in [0.1, 0.15) is 35.3 Å². The van der Waals surface area contributed by atoms with Crippen molar-refractivity contribution in [3.05, 3.63) is 35.3 Å².